The summed E-state index contributed by atoms with van der Waals surface area (Å²) >= 11 is 0. The summed E-state index contributed by atoms with van der Waals surface area (Å²) in [5, 5.41) is 20.6. The molecular formula is C75H124O16P2. The first-order valence-corrected chi connectivity index (χ1v) is 38.1. The van der Waals surface area contributed by atoms with E-state index in [1.807, 2.05) is 18.2 Å². The van der Waals surface area contributed by atoms with Crippen molar-refractivity contribution >= 4 is 33.6 Å². The molecule has 18 heteroatoms. The van der Waals surface area contributed by atoms with E-state index in [-0.39, 0.29) is 19.3 Å². The second kappa shape index (κ2) is 67.4. The zero-order valence-corrected chi connectivity index (χ0v) is 59.2. The Kier molecular flexibility index (Phi) is 64.1. The number of phosphoric ester groups is 2. The molecule has 530 valence electrons. The molecule has 0 aliphatic rings. The van der Waals surface area contributed by atoms with Gasteiger partial charge in [-0.25, -0.2) is 9.13 Å². The largest absolute Gasteiger partial charge is 0.472 e. The highest BCUT2D eigenvalue weighted by molar-refractivity contribution is 7.47. The number of esters is 3. The quantitative estimate of drug-likeness (QED) is 0.0146. The van der Waals surface area contributed by atoms with Gasteiger partial charge < -0.3 is 34.2 Å². The molecule has 0 aromatic rings. The highest BCUT2D eigenvalue weighted by Crippen LogP contribution is 2.45. The zero-order chi connectivity index (χ0) is 68.1. The van der Waals surface area contributed by atoms with Gasteiger partial charge in [0.25, 0.3) is 0 Å². The van der Waals surface area contributed by atoms with Crippen LogP contribution in [0.25, 0.3) is 0 Å². The summed E-state index contributed by atoms with van der Waals surface area (Å²) in [6.07, 6.45) is 80.6. The zero-order valence-electron chi connectivity index (χ0n) is 57.4. The first kappa shape index (κ1) is 88.4. The molecule has 0 radical (unpaired) electrons. The molecule has 0 aromatic heterocycles. The monoisotopic (exact) mass is 1340 g/mol. The number of ether oxygens (including phenoxy) is 3. The average molecular weight is 1340 g/mol. The Bertz CT molecular complexity index is 2280. The minimum absolute atomic E-state index is 0.0397. The highest BCUT2D eigenvalue weighted by Gasteiger charge is 2.29. The second-order valence-electron chi connectivity index (χ2n) is 22.9. The van der Waals surface area contributed by atoms with Crippen LogP contribution in [0.3, 0.4) is 0 Å². The fraction of sp³-hybridized carbons (Fsp3) is 0.640. The number of carbonyl (C=O) groups is 3. The Morgan fingerprint density at radius 2 is 0.591 bits per heavy atom. The lowest BCUT2D eigenvalue weighted by Crippen LogP contribution is -2.30. The number of hydrogen-bond donors (Lipinski definition) is 4. The molecule has 0 aromatic carbocycles. The third-order valence-electron chi connectivity index (χ3n) is 14.0. The highest BCUT2D eigenvalue weighted by atomic mass is 31.2. The van der Waals surface area contributed by atoms with Crippen LogP contribution in [0.1, 0.15) is 252 Å². The molecule has 5 unspecified atom stereocenters. The first-order chi connectivity index (χ1) is 45.2. The lowest BCUT2D eigenvalue weighted by Gasteiger charge is -2.21. The van der Waals surface area contributed by atoms with Gasteiger partial charge in [0.1, 0.15) is 25.4 Å². The van der Waals surface area contributed by atoms with Crippen LogP contribution >= 0.6 is 15.6 Å². The van der Waals surface area contributed by atoms with Gasteiger partial charge in [-0.2, -0.15) is 0 Å². The summed E-state index contributed by atoms with van der Waals surface area (Å²) in [7, 11) is -9.81. The lowest BCUT2D eigenvalue weighted by atomic mass is 10.1. The molecule has 16 nitrogen and oxygen atoms in total. The number of hydrogen-bond acceptors (Lipinski definition) is 14. The Morgan fingerprint density at radius 1 is 0.312 bits per heavy atom. The van der Waals surface area contributed by atoms with Gasteiger partial charge in [0.05, 0.1) is 26.4 Å². The second-order valence-corrected chi connectivity index (χ2v) is 25.8. The van der Waals surface area contributed by atoms with E-state index in [9.17, 15) is 43.5 Å². The molecule has 0 fully saturated rings. The maximum Gasteiger partial charge on any atom is 0.472 e. The fourth-order valence-corrected chi connectivity index (χ4v) is 10.3. The van der Waals surface area contributed by atoms with Gasteiger partial charge >= 0.3 is 33.6 Å². The number of unbranched alkanes of at least 4 members (excludes halogenated alkanes) is 18. The molecule has 0 rings (SSSR count). The van der Waals surface area contributed by atoms with E-state index in [0.29, 0.717) is 25.7 Å². The summed E-state index contributed by atoms with van der Waals surface area (Å²) in [6, 6.07) is 0. The normalized spacial score (nSPS) is 15.0. The van der Waals surface area contributed by atoms with Gasteiger partial charge in [0.2, 0.25) is 0 Å². The van der Waals surface area contributed by atoms with Crippen molar-refractivity contribution in [2.75, 3.05) is 39.6 Å². The van der Waals surface area contributed by atoms with Crippen molar-refractivity contribution in [3.05, 3.63) is 146 Å². The molecule has 0 amide bonds. The Balaban J connectivity index is 4.64. The van der Waals surface area contributed by atoms with Crippen LogP contribution in [0.4, 0.5) is 0 Å². The summed E-state index contributed by atoms with van der Waals surface area (Å²) < 4.78 is 60.8. The fourth-order valence-electron chi connectivity index (χ4n) is 8.73. The van der Waals surface area contributed by atoms with E-state index in [2.05, 4.69) is 148 Å². The summed E-state index contributed by atoms with van der Waals surface area (Å²) in [5.41, 5.74) is 0. The van der Waals surface area contributed by atoms with Crippen molar-refractivity contribution in [3.63, 3.8) is 0 Å². The van der Waals surface area contributed by atoms with Crippen LogP contribution < -0.4 is 0 Å². The molecule has 0 saturated heterocycles. The van der Waals surface area contributed by atoms with Crippen LogP contribution in [0.15, 0.2) is 146 Å². The van der Waals surface area contributed by atoms with E-state index < -0.39 is 91.5 Å². The van der Waals surface area contributed by atoms with Crippen molar-refractivity contribution in [1.82, 2.24) is 0 Å². The standard InChI is InChI=1S/C75H124O16P2/c1-4-7-10-13-16-19-22-25-27-29-31-32-33-34-35-36-38-40-41-44-46-49-52-55-58-61-73(78)85-64-70(76)65-87-92(81,82)88-66-71(77)67-89-93(83,84)90-69-72(91-75(80)63-60-57-54-51-48-43-24-21-18-15-12-9-6-3)68-86-74(79)62-59-56-53-50-47-45-42-39-37-30-28-26-23-20-17-14-11-8-5-2/h7-8,10-11,16-17,19-21,24-28,31-32,34-35,37,39,45,47,53,56,70-72,76-77H,4-6,9,12-15,18,22-23,29-30,33,36,38,40-44,46,48-52,54-55,57-69H2,1-3H3,(H,81,82)(H,83,84)/b10-7-,11-8-,19-16-,20-17-,24-21-,27-25-,28-26-,32-31-,35-34-,39-37-,47-45-,56-53-. The van der Waals surface area contributed by atoms with Crippen molar-refractivity contribution in [1.29, 1.82) is 0 Å². The Hall–Kier alpha value is -4.57. The molecule has 0 aliphatic heterocycles. The molecular weight excluding hydrogens is 1220 g/mol. The maximum absolute atomic E-state index is 12.9. The van der Waals surface area contributed by atoms with E-state index in [1.54, 1.807) is 0 Å². The molecule has 0 aliphatic carbocycles. The first-order valence-electron chi connectivity index (χ1n) is 35.1. The topological polar surface area (TPSA) is 231 Å². The minimum atomic E-state index is -4.95. The van der Waals surface area contributed by atoms with Crippen LogP contribution in [0.2, 0.25) is 0 Å². The van der Waals surface area contributed by atoms with E-state index >= 15 is 0 Å². The number of rotatable bonds is 65. The molecule has 0 spiro atoms. The van der Waals surface area contributed by atoms with Crippen LogP contribution in [-0.2, 0) is 55.8 Å². The number of phosphoric acid groups is 2. The van der Waals surface area contributed by atoms with E-state index in [4.69, 9.17) is 32.3 Å². The third-order valence-corrected chi connectivity index (χ3v) is 15.9. The summed E-state index contributed by atoms with van der Waals surface area (Å²) in [5.74, 6) is -1.70. The van der Waals surface area contributed by atoms with Gasteiger partial charge in [-0.05, 0) is 128 Å². The molecule has 5 atom stereocenters. The third kappa shape index (κ3) is 68.6. The Morgan fingerprint density at radius 3 is 0.978 bits per heavy atom. The van der Waals surface area contributed by atoms with Gasteiger partial charge in [-0.1, -0.05) is 250 Å². The molecule has 0 bridgehead atoms. The number of aliphatic hydroxyl groups is 2. The average Bonchev–Trinajstić information content (AvgIpc) is 3.74. The summed E-state index contributed by atoms with van der Waals surface area (Å²) in [6.45, 7) is 2.30. The molecule has 0 saturated carbocycles. The lowest BCUT2D eigenvalue weighted by molar-refractivity contribution is -0.161. The SMILES string of the molecule is CC/C=C\C/C=C\C/C=C\C/C=C\C/C=C\C/C=C\CCC(=O)OCC(COP(=O)(O)OCC(O)COP(=O)(O)OCC(O)COC(=O)CCCCCCCCCCC/C=C\C/C=C\C/C=C\C/C=C\C/C=C\CC)OC(=O)CCCCCCC/C=C\CCCCCC. The van der Waals surface area contributed by atoms with Gasteiger partial charge in [0.15, 0.2) is 6.10 Å². The van der Waals surface area contributed by atoms with E-state index in [1.165, 1.54) is 51.4 Å². The van der Waals surface area contributed by atoms with Gasteiger partial charge in [0, 0.05) is 19.3 Å². The molecule has 93 heavy (non-hydrogen) atoms. The number of allylic oxidation sites excluding steroid dienone is 24. The molecule has 4 N–H and O–H groups in total. The van der Waals surface area contributed by atoms with Crippen LogP contribution in [0, 0.1) is 0 Å². The predicted octanol–water partition coefficient (Wildman–Crippen LogP) is 19.8. The van der Waals surface area contributed by atoms with Crippen LogP contribution in [0.5, 0.6) is 0 Å². The van der Waals surface area contributed by atoms with E-state index in [0.717, 1.165) is 135 Å². The van der Waals surface area contributed by atoms with Gasteiger partial charge in [-0.15, -0.1) is 0 Å². The minimum Gasteiger partial charge on any atom is -0.463 e. The van der Waals surface area contributed by atoms with Crippen molar-refractivity contribution < 1.29 is 75.8 Å². The Labute approximate surface area is 562 Å². The number of carbonyl (C=O) groups excluding carboxylic acids is 3. The smallest absolute Gasteiger partial charge is 0.463 e. The number of aliphatic hydroxyl groups excluding tert-OH is 2. The molecule has 0 heterocycles. The van der Waals surface area contributed by atoms with Crippen molar-refractivity contribution in [2.24, 2.45) is 0 Å². The maximum atomic E-state index is 12.9. The van der Waals surface area contributed by atoms with Crippen LogP contribution in [-0.4, -0.2) is 95.9 Å². The van der Waals surface area contributed by atoms with Crippen molar-refractivity contribution in [3.8, 4) is 0 Å². The van der Waals surface area contributed by atoms with Gasteiger partial charge in [-0.3, -0.25) is 32.5 Å². The van der Waals surface area contributed by atoms with Crippen molar-refractivity contribution in [2.45, 2.75) is 270 Å². The predicted molar refractivity (Wildman–Crippen MR) is 380 cm³/mol. The summed E-state index contributed by atoms with van der Waals surface area (Å²) in [4.78, 5) is 58.3.